The first-order chi connectivity index (χ1) is 8.49. The standard InChI is InChI=1S/C14H23NO3.ClH/c1-9(2)7-12(16)14(15)11-6-5-10(17-3)8-13(11)18-4;/h5-6,8-9,12,14,16H,7,15H2,1-4H3;1H/t12-,14+;/m1./s1. The fourth-order valence-electron chi connectivity index (χ4n) is 1.93. The molecule has 0 saturated heterocycles. The molecule has 4 nitrogen and oxygen atoms in total. The molecule has 0 saturated carbocycles. The topological polar surface area (TPSA) is 64.7 Å². The molecule has 1 aromatic carbocycles. The average molecular weight is 290 g/mol. The molecule has 1 aromatic rings. The molecule has 0 radical (unpaired) electrons. The van der Waals surface area contributed by atoms with Crippen molar-refractivity contribution < 1.29 is 14.6 Å². The van der Waals surface area contributed by atoms with E-state index in [0.29, 0.717) is 23.8 Å². The third-order valence-electron chi connectivity index (χ3n) is 2.93. The lowest BCUT2D eigenvalue weighted by Crippen LogP contribution is -2.27. The van der Waals surface area contributed by atoms with E-state index in [-0.39, 0.29) is 12.4 Å². The van der Waals surface area contributed by atoms with Crippen molar-refractivity contribution in [2.24, 2.45) is 11.7 Å². The maximum Gasteiger partial charge on any atom is 0.127 e. The van der Waals surface area contributed by atoms with E-state index in [1.54, 1.807) is 20.3 Å². The molecule has 110 valence electrons. The molecular formula is C14H24ClNO3. The minimum Gasteiger partial charge on any atom is -0.497 e. The number of rotatable bonds is 6. The van der Waals surface area contributed by atoms with Crippen LogP contribution >= 0.6 is 12.4 Å². The van der Waals surface area contributed by atoms with Gasteiger partial charge in [0.15, 0.2) is 0 Å². The highest BCUT2D eigenvalue weighted by Gasteiger charge is 2.21. The van der Waals surface area contributed by atoms with Gasteiger partial charge in [0.2, 0.25) is 0 Å². The summed E-state index contributed by atoms with van der Waals surface area (Å²) in [5, 5.41) is 10.1. The summed E-state index contributed by atoms with van der Waals surface area (Å²) in [5.41, 5.74) is 6.88. The van der Waals surface area contributed by atoms with Crippen molar-refractivity contribution >= 4 is 12.4 Å². The van der Waals surface area contributed by atoms with Gasteiger partial charge in [0.25, 0.3) is 0 Å². The number of aliphatic hydroxyl groups is 1. The maximum absolute atomic E-state index is 10.1. The van der Waals surface area contributed by atoms with E-state index < -0.39 is 12.1 Å². The molecule has 0 unspecified atom stereocenters. The van der Waals surface area contributed by atoms with Crippen LogP contribution in [0.1, 0.15) is 31.9 Å². The van der Waals surface area contributed by atoms with Crippen molar-refractivity contribution in [3.05, 3.63) is 23.8 Å². The lowest BCUT2D eigenvalue weighted by molar-refractivity contribution is 0.120. The number of nitrogens with two attached hydrogens (primary N) is 1. The van der Waals surface area contributed by atoms with Crippen molar-refractivity contribution in [1.29, 1.82) is 0 Å². The molecular weight excluding hydrogens is 266 g/mol. The number of aliphatic hydroxyl groups excluding tert-OH is 1. The van der Waals surface area contributed by atoms with Crippen molar-refractivity contribution in [2.45, 2.75) is 32.4 Å². The monoisotopic (exact) mass is 289 g/mol. The molecule has 5 heteroatoms. The summed E-state index contributed by atoms with van der Waals surface area (Å²) in [4.78, 5) is 0. The van der Waals surface area contributed by atoms with Gasteiger partial charge in [-0.1, -0.05) is 13.8 Å². The van der Waals surface area contributed by atoms with Crippen LogP contribution in [-0.2, 0) is 0 Å². The lowest BCUT2D eigenvalue weighted by Gasteiger charge is -2.22. The molecule has 0 heterocycles. The first-order valence-electron chi connectivity index (χ1n) is 6.15. The normalized spacial score (nSPS) is 13.6. The van der Waals surface area contributed by atoms with Crippen molar-refractivity contribution in [2.75, 3.05) is 14.2 Å². The van der Waals surface area contributed by atoms with Gasteiger partial charge in [-0.2, -0.15) is 0 Å². The highest BCUT2D eigenvalue weighted by molar-refractivity contribution is 5.85. The Labute approximate surface area is 121 Å². The van der Waals surface area contributed by atoms with Crippen LogP contribution in [0, 0.1) is 5.92 Å². The number of benzene rings is 1. The minimum atomic E-state index is -0.577. The van der Waals surface area contributed by atoms with Crippen LogP contribution in [0.25, 0.3) is 0 Å². The summed E-state index contributed by atoms with van der Waals surface area (Å²) >= 11 is 0. The summed E-state index contributed by atoms with van der Waals surface area (Å²) in [6.45, 7) is 4.11. The van der Waals surface area contributed by atoms with Gasteiger partial charge >= 0.3 is 0 Å². The Morgan fingerprint density at radius 3 is 2.32 bits per heavy atom. The zero-order valence-corrected chi connectivity index (χ0v) is 12.7. The number of methoxy groups -OCH3 is 2. The number of hydrogen-bond donors (Lipinski definition) is 2. The molecule has 0 amide bonds. The van der Waals surface area contributed by atoms with Gasteiger partial charge in [0, 0.05) is 11.6 Å². The van der Waals surface area contributed by atoms with Crippen LogP contribution in [0.2, 0.25) is 0 Å². The van der Waals surface area contributed by atoms with Gasteiger partial charge in [-0.25, -0.2) is 0 Å². The maximum atomic E-state index is 10.1. The molecule has 19 heavy (non-hydrogen) atoms. The molecule has 0 aromatic heterocycles. The molecule has 0 bridgehead atoms. The third-order valence-corrected chi connectivity index (χ3v) is 2.93. The van der Waals surface area contributed by atoms with Crippen LogP contribution in [0.5, 0.6) is 11.5 Å². The second kappa shape index (κ2) is 8.25. The van der Waals surface area contributed by atoms with E-state index in [0.717, 1.165) is 5.56 Å². The number of hydrogen-bond acceptors (Lipinski definition) is 4. The zero-order valence-electron chi connectivity index (χ0n) is 11.9. The molecule has 0 fully saturated rings. The summed E-state index contributed by atoms with van der Waals surface area (Å²) in [5.74, 6) is 1.75. The Hall–Kier alpha value is -0.970. The van der Waals surface area contributed by atoms with Gasteiger partial charge in [-0.15, -0.1) is 12.4 Å². The van der Waals surface area contributed by atoms with Crippen molar-refractivity contribution in [1.82, 2.24) is 0 Å². The van der Waals surface area contributed by atoms with E-state index in [9.17, 15) is 5.11 Å². The predicted octanol–water partition coefficient (Wildman–Crippen LogP) is 2.53. The molecule has 0 aliphatic rings. The quantitative estimate of drug-likeness (QED) is 0.845. The molecule has 0 spiro atoms. The SMILES string of the molecule is COc1ccc([C@H](N)[C@H](O)CC(C)C)c(OC)c1.Cl. The zero-order chi connectivity index (χ0) is 13.7. The molecule has 1 rings (SSSR count). The van der Waals surface area contributed by atoms with Gasteiger partial charge in [-0.3, -0.25) is 0 Å². The van der Waals surface area contributed by atoms with E-state index in [1.807, 2.05) is 12.1 Å². The Balaban J connectivity index is 0.00000324. The van der Waals surface area contributed by atoms with Gasteiger partial charge in [0.1, 0.15) is 11.5 Å². The van der Waals surface area contributed by atoms with Crippen LogP contribution < -0.4 is 15.2 Å². The highest BCUT2D eigenvalue weighted by Crippen LogP contribution is 2.31. The van der Waals surface area contributed by atoms with E-state index in [4.69, 9.17) is 15.2 Å². The summed E-state index contributed by atoms with van der Waals surface area (Å²) < 4.78 is 10.4. The minimum absolute atomic E-state index is 0. The van der Waals surface area contributed by atoms with Crippen molar-refractivity contribution in [3.8, 4) is 11.5 Å². The van der Waals surface area contributed by atoms with E-state index in [1.165, 1.54) is 0 Å². The Bertz CT molecular complexity index is 385. The van der Waals surface area contributed by atoms with E-state index >= 15 is 0 Å². The van der Waals surface area contributed by atoms with Crippen LogP contribution in [0.4, 0.5) is 0 Å². The van der Waals surface area contributed by atoms with Crippen LogP contribution in [0.15, 0.2) is 18.2 Å². The lowest BCUT2D eigenvalue weighted by atomic mass is 9.95. The molecule has 0 aliphatic heterocycles. The fourth-order valence-corrected chi connectivity index (χ4v) is 1.93. The summed E-state index contributed by atoms with van der Waals surface area (Å²) in [7, 11) is 3.18. The van der Waals surface area contributed by atoms with Gasteiger partial charge in [-0.05, 0) is 24.5 Å². The molecule has 2 atom stereocenters. The fraction of sp³-hybridized carbons (Fsp3) is 0.571. The van der Waals surface area contributed by atoms with Crippen LogP contribution in [-0.4, -0.2) is 25.4 Å². The van der Waals surface area contributed by atoms with E-state index in [2.05, 4.69) is 13.8 Å². The Kier molecular flexibility index (Phi) is 7.83. The number of ether oxygens (including phenoxy) is 2. The van der Waals surface area contributed by atoms with Gasteiger partial charge in [0.05, 0.1) is 26.4 Å². The smallest absolute Gasteiger partial charge is 0.127 e. The predicted molar refractivity (Wildman–Crippen MR) is 79.2 cm³/mol. The Morgan fingerprint density at radius 1 is 1.21 bits per heavy atom. The average Bonchev–Trinajstić information content (AvgIpc) is 2.36. The van der Waals surface area contributed by atoms with Crippen LogP contribution in [0.3, 0.4) is 0 Å². The highest BCUT2D eigenvalue weighted by atomic mass is 35.5. The largest absolute Gasteiger partial charge is 0.497 e. The second-order valence-corrected chi connectivity index (χ2v) is 4.83. The second-order valence-electron chi connectivity index (χ2n) is 4.83. The van der Waals surface area contributed by atoms with Crippen molar-refractivity contribution in [3.63, 3.8) is 0 Å². The third kappa shape index (κ3) is 4.90. The Morgan fingerprint density at radius 2 is 1.84 bits per heavy atom. The summed E-state index contributed by atoms with van der Waals surface area (Å²) in [6, 6.07) is 4.98. The molecule has 0 aliphatic carbocycles. The first kappa shape index (κ1) is 18.0. The van der Waals surface area contributed by atoms with Gasteiger partial charge < -0.3 is 20.3 Å². The number of halogens is 1. The summed E-state index contributed by atoms with van der Waals surface area (Å²) in [6.07, 6.45) is 0.0865. The molecule has 3 N–H and O–H groups in total. The first-order valence-corrected chi connectivity index (χ1v) is 6.15.